The standard InChI is InChI=1S/C14H15N3O/c1-8-4-11(15)6-17-7-13(16-14(8)17)12-5-9(2)18-10(12)3/h4-7H,15H2,1-3H3. The predicted octanol–water partition coefficient (Wildman–Crippen LogP) is 3.10. The van der Waals surface area contributed by atoms with Gasteiger partial charge in [-0.1, -0.05) is 0 Å². The monoisotopic (exact) mass is 241 g/mol. The second-order valence-electron chi connectivity index (χ2n) is 4.64. The van der Waals surface area contributed by atoms with Crippen LogP contribution in [0.5, 0.6) is 0 Å². The van der Waals surface area contributed by atoms with E-state index < -0.39 is 0 Å². The van der Waals surface area contributed by atoms with Crippen LogP contribution in [0.25, 0.3) is 16.9 Å². The van der Waals surface area contributed by atoms with E-state index in [2.05, 4.69) is 4.98 Å². The SMILES string of the molecule is Cc1cc(-c2cn3cc(N)cc(C)c3n2)c(C)o1. The third-order valence-electron chi connectivity index (χ3n) is 3.07. The van der Waals surface area contributed by atoms with Gasteiger partial charge in [-0.2, -0.15) is 0 Å². The molecule has 0 saturated carbocycles. The highest BCUT2D eigenvalue weighted by molar-refractivity contribution is 5.67. The summed E-state index contributed by atoms with van der Waals surface area (Å²) in [6.07, 6.45) is 3.86. The fourth-order valence-corrected chi connectivity index (χ4v) is 2.31. The minimum Gasteiger partial charge on any atom is -0.466 e. The fraction of sp³-hybridized carbons (Fsp3) is 0.214. The van der Waals surface area contributed by atoms with E-state index in [4.69, 9.17) is 10.2 Å². The number of imidazole rings is 1. The normalized spacial score (nSPS) is 11.3. The van der Waals surface area contributed by atoms with Crippen LogP contribution in [0.3, 0.4) is 0 Å². The van der Waals surface area contributed by atoms with E-state index >= 15 is 0 Å². The summed E-state index contributed by atoms with van der Waals surface area (Å²) in [4.78, 5) is 4.65. The van der Waals surface area contributed by atoms with Gasteiger partial charge in [-0.3, -0.25) is 0 Å². The van der Waals surface area contributed by atoms with Crippen molar-refractivity contribution in [1.82, 2.24) is 9.38 Å². The molecule has 18 heavy (non-hydrogen) atoms. The van der Waals surface area contributed by atoms with Gasteiger partial charge in [0.05, 0.1) is 5.69 Å². The lowest BCUT2D eigenvalue weighted by atomic mass is 10.2. The van der Waals surface area contributed by atoms with Crippen LogP contribution in [0.15, 0.2) is 28.9 Å². The van der Waals surface area contributed by atoms with E-state index in [1.54, 1.807) is 0 Å². The van der Waals surface area contributed by atoms with Crippen molar-refractivity contribution in [2.75, 3.05) is 5.73 Å². The minimum absolute atomic E-state index is 0.740. The lowest BCUT2D eigenvalue weighted by molar-refractivity contribution is 0.505. The van der Waals surface area contributed by atoms with Crippen LogP contribution in [0, 0.1) is 20.8 Å². The molecule has 0 spiro atoms. The summed E-state index contributed by atoms with van der Waals surface area (Å²) >= 11 is 0. The Balaban J connectivity index is 2.25. The highest BCUT2D eigenvalue weighted by atomic mass is 16.3. The number of rotatable bonds is 1. The number of aryl methyl sites for hydroxylation is 3. The van der Waals surface area contributed by atoms with Crippen molar-refractivity contribution >= 4 is 11.3 Å². The molecule has 0 fully saturated rings. The Bertz CT molecular complexity index is 737. The van der Waals surface area contributed by atoms with E-state index in [0.717, 1.165) is 39.7 Å². The maximum absolute atomic E-state index is 5.84. The van der Waals surface area contributed by atoms with E-state index in [-0.39, 0.29) is 0 Å². The summed E-state index contributed by atoms with van der Waals surface area (Å²) in [7, 11) is 0. The lowest BCUT2D eigenvalue weighted by Gasteiger charge is -1.98. The predicted molar refractivity (Wildman–Crippen MR) is 71.5 cm³/mol. The number of aromatic nitrogens is 2. The van der Waals surface area contributed by atoms with E-state index in [9.17, 15) is 0 Å². The summed E-state index contributed by atoms with van der Waals surface area (Å²) in [5.74, 6) is 1.79. The molecule has 92 valence electrons. The van der Waals surface area contributed by atoms with Gasteiger partial charge in [0.15, 0.2) is 0 Å². The molecule has 3 aromatic rings. The molecule has 0 bridgehead atoms. The molecule has 0 aromatic carbocycles. The number of pyridine rings is 1. The molecule has 0 aliphatic heterocycles. The average Bonchev–Trinajstić information content (AvgIpc) is 2.81. The van der Waals surface area contributed by atoms with Crippen LogP contribution >= 0.6 is 0 Å². The van der Waals surface area contributed by atoms with Gasteiger partial charge >= 0.3 is 0 Å². The van der Waals surface area contributed by atoms with Crippen LogP contribution in [-0.4, -0.2) is 9.38 Å². The Morgan fingerprint density at radius 1 is 1.17 bits per heavy atom. The number of nitrogens with zero attached hydrogens (tertiary/aromatic N) is 2. The molecule has 0 atom stereocenters. The zero-order valence-electron chi connectivity index (χ0n) is 10.7. The zero-order chi connectivity index (χ0) is 12.9. The van der Waals surface area contributed by atoms with E-state index in [0.29, 0.717) is 0 Å². The first-order valence-corrected chi connectivity index (χ1v) is 5.87. The number of furan rings is 1. The number of nitrogens with two attached hydrogens (primary N) is 1. The zero-order valence-corrected chi connectivity index (χ0v) is 10.7. The first-order valence-electron chi connectivity index (χ1n) is 5.87. The Kier molecular flexibility index (Phi) is 2.20. The molecule has 4 nitrogen and oxygen atoms in total. The molecular weight excluding hydrogens is 226 g/mol. The van der Waals surface area contributed by atoms with Crippen LogP contribution in [0.2, 0.25) is 0 Å². The van der Waals surface area contributed by atoms with Gasteiger partial charge in [0.25, 0.3) is 0 Å². The maximum atomic E-state index is 5.84. The maximum Gasteiger partial charge on any atom is 0.140 e. The third kappa shape index (κ3) is 1.57. The van der Waals surface area contributed by atoms with Crippen molar-refractivity contribution in [3.63, 3.8) is 0 Å². The Morgan fingerprint density at radius 3 is 2.61 bits per heavy atom. The largest absolute Gasteiger partial charge is 0.466 e. The molecule has 0 amide bonds. The van der Waals surface area contributed by atoms with Crippen molar-refractivity contribution in [2.45, 2.75) is 20.8 Å². The molecule has 0 unspecified atom stereocenters. The van der Waals surface area contributed by atoms with Gasteiger partial charge in [0.1, 0.15) is 17.2 Å². The first-order chi connectivity index (χ1) is 8.54. The number of hydrogen-bond acceptors (Lipinski definition) is 3. The fourth-order valence-electron chi connectivity index (χ4n) is 2.31. The molecule has 3 aromatic heterocycles. The highest BCUT2D eigenvalue weighted by Crippen LogP contribution is 2.27. The van der Waals surface area contributed by atoms with Gasteiger partial charge in [0, 0.05) is 23.6 Å². The minimum atomic E-state index is 0.740. The van der Waals surface area contributed by atoms with Crippen molar-refractivity contribution in [1.29, 1.82) is 0 Å². The highest BCUT2D eigenvalue weighted by Gasteiger charge is 2.12. The molecule has 0 aliphatic carbocycles. The third-order valence-corrected chi connectivity index (χ3v) is 3.07. The lowest BCUT2D eigenvalue weighted by Crippen LogP contribution is -1.92. The van der Waals surface area contributed by atoms with Crippen LogP contribution in [0.4, 0.5) is 5.69 Å². The number of nitrogen functional groups attached to an aromatic ring is 1. The Morgan fingerprint density at radius 2 is 1.94 bits per heavy atom. The second kappa shape index (κ2) is 3.63. The van der Waals surface area contributed by atoms with Crippen molar-refractivity contribution in [3.05, 3.63) is 41.6 Å². The van der Waals surface area contributed by atoms with Gasteiger partial charge in [-0.25, -0.2) is 4.98 Å². The molecule has 3 rings (SSSR count). The molecule has 3 heterocycles. The van der Waals surface area contributed by atoms with Crippen molar-refractivity contribution in [2.24, 2.45) is 0 Å². The van der Waals surface area contributed by atoms with E-state index in [1.165, 1.54) is 0 Å². The molecule has 0 aliphatic rings. The number of anilines is 1. The first kappa shape index (κ1) is 10.9. The number of fused-ring (bicyclic) bond motifs is 1. The summed E-state index contributed by atoms with van der Waals surface area (Å²) in [5, 5.41) is 0. The molecular formula is C14H15N3O. The summed E-state index contributed by atoms with van der Waals surface area (Å²) in [5.41, 5.74) is 10.5. The van der Waals surface area contributed by atoms with Gasteiger partial charge < -0.3 is 14.6 Å². The van der Waals surface area contributed by atoms with Crippen LogP contribution in [-0.2, 0) is 0 Å². The van der Waals surface area contributed by atoms with Gasteiger partial charge in [-0.15, -0.1) is 0 Å². The smallest absolute Gasteiger partial charge is 0.140 e. The number of hydrogen-bond donors (Lipinski definition) is 1. The van der Waals surface area contributed by atoms with Gasteiger partial charge in [-0.05, 0) is 38.5 Å². The quantitative estimate of drug-likeness (QED) is 0.712. The molecule has 2 N–H and O–H groups in total. The molecule has 0 radical (unpaired) electrons. The Labute approximate surface area is 105 Å². The second-order valence-corrected chi connectivity index (χ2v) is 4.64. The van der Waals surface area contributed by atoms with Gasteiger partial charge in [0.2, 0.25) is 0 Å². The molecule has 0 saturated heterocycles. The average molecular weight is 241 g/mol. The summed E-state index contributed by atoms with van der Waals surface area (Å²) < 4.78 is 7.51. The van der Waals surface area contributed by atoms with E-state index in [1.807, 2.05) is 49.7 Å². The Hall–Kier alpha value is -2.23. The molecule has 4 heteroatoms. The van der Waals surface area contributed by atoms with Crippen molar-refractivity contribution < 1.29 is 4.42 Å². The van der Waals surface area contributed by atoms with Crippen molar-refractivity contribution in [3.8, 4) is 11.3 Å². The topological polar surface area (TPSA) is 56.5 Å². The summed E-state index contributed by atoms with van der Waals surface area (Å²) in [6, 6.07) is 3.94. The van der Waals surface area contributed by atoms with Crippen LogP contribution < -0.4 is 5.73 Å². The summed E-state index contributed by atoms with van der Waals surface area (Å²) in [6.45, 7) is 5.90. The van der Waals surface area contributed by atoms with Crippen LogP contribution in [0.1, 0.15) is 17.1 Å².